The Labute approximate surface area is 102 Å². The molecule has 1 heterocycles. The first-order valence-electron chi connectivity index (χ1n) is 5.83. The number of hydrogen-bond acceptors (Lipinski definition) is 3. The molecule has 0 unspecified atom stereocenters. The van der Waals surface area contributed by atoms with E-state index in [1.807, 2.05) is 0 Å². The van der Waals surface area contributed by atoms with Gasteiger partial charge in [-0.05, 0) is 25.6 Å². The van der Waals surface area contributed by atoms with Gasteiger partial charge < -0.3 is 5.11 Å². The van der Waals surface area contributed by atoms with Crippen molar-refractivity contribution in [1.29, 1.82) is 0 Å². The number of nitrogens with zero attached hydrogens (tertiary/aromatic N) is 1. The first-order valence-corrected chi connectivity index (χ1v) is 6.70. The van der Waals surface area contributed by atoms with Crippen molar-refractivity contribution in [3.05, 3.63) is 29.8 Å². The van der Waals surface area contributed by atoms with Crippen molar-refractivity contribution in [2.75, 3.05) is 19.6 Å². The zero-order valence-corrected chi connectivity index (χ0v) is 10.7. The van der Waals surface area contributed by atoms with Gasteiger partial charge >= 0.3 is 0 Å². The molecule has 0 bridgehead atoms. The Hall–Kier alpha value is -0.510. The Morgan fingerprint density at radius 2 is 2.00 bits per heavy atom. The van der Waals surface area contributed by atoms with Crippen molar-refractivity contribution in [3.8, 4) is 0 Å². The smallest absolute Gasteiger partial charge is 0.0801 e. The molecule has 1 aliphatic heterocycles. The largest absolute Gasteiger partial charge is 0.391 e. The van der Waals surface area contributed by atoms with Crippen LogP contribution in [0.3, 0.4) is 0 Å². The summed E-state index contributed by atoms with van der Waals surface area (Å²) in [7, 11) is 0. The molecule has 0 aromatic heterocycles. The molecule has 0 aliphatic carbocycles. The van der Waals surface area contributed by atoms with Crippen LogP contribution in [-0.2, 0) is 0 Å². The third kappa shape index (κ3) is 2.78. The summed E-state index contributed by atoms with van der Waals surface area (Å²) < 4.78 is 0. The van der Waals surface area contributed by atoms with Gasteiger partial charge in [0.2, 0.25) is 0 Å². The number of likely N-dealkylation sites (N-methyl/N-ethyl adjacent to an activating group) is 1. The molecule has 1 aromatic carbocycles. The third-order valence-electron chi connectivity index (χ3n) is 3.07. The number of hydrogen-bond donors (Lipinski definition) is 1. The highest BCUT2D eigenvalue weighted by Gasteiger charge is 2.30. The number of aliphatic hydroxyl groups excluding tert-OH is 1. The van der Waals surface area contributed by atoms with E-state index < -0.39 is 0 Å². The molecule has 16 heavy (non-hydrogen) atoms. The summed E-state index contributed by atoms with van der Waals surface area (Å²) in [6.07, 6.45) is -0.189. The lowest BCUT2D eigenvalue weighted by Crippen LogP contribution is -2.21. The molecular weight excluding hydrogens is 218 g/mol. The summed E-state index contributed by atoms with van der Waals surface area (Å²) in [5.41, 5.74) is 1.28. The standard InChI is InChI=1S/C13H19NOS/c1-3-14-8-12(15)13(9-14)16-11-6-4-10(2)5-7-11/h4-7,12-13,15H,3,8-9H2,1-2H3/t12-,13-/m1/s1. The van der Waals surface area contributed by atoms with Gasteiger partial charge in [-0.1, -0.05) is 24.6 Å². The molecule has 1 aromatic rings. The maximum Gasteiger partial charge on any atom is 0.0801 e. The normalized spacial score (nSPS) is 26.2. The van der Waals surface area contributed by atoms with E-state index in [1.54, 1.807) is 11.8 Å². The second kappa shape index (κ2) is 5.21. The van der Waals surface area contributed by atoms with E-state index >= 15 is 0 Å². The van der Waals surface area contributed by atoms with Crippen LogP contribution in [0.5, 0.6) is 0 Å². The Morgan fingerprint density at radius 1 is 1.31 bits per heavy atom. The monoisotopic (exact) mass is 237 g/mol. The van der Waals surface area contributed by atoms with E-state index in [9.17, 15) is 5.11 Å². The van der Waals surface area contributed by atoms with Gasteiger partial charge in [-0.3, -0.25) is 4.90 Å². The van der Waals surface area contributed by atoms with Crippen LogP contribution in [0, 0.1) is 6.92 Å². The van der Waals surface area contributed by atoms with Crippen molar-refractivity contribution >= 4 is 11.8 Å². The summed E-state index contributed by atoms with van der Waals surface area (Å²) in [6, 6.07) is 8.53. The molecule has 2 nitrogen and oxygen atoms in total. The lowest BCUT2D eigenvalue weighted by molar-refractivity contribution is 0.181. The lowest BCUT2D eigenvalue weighted by Gasteiger charge is -2.13. The third-order valence-corrected chi connectivity index (χ3v) is 4.38. The van der Waals surface area contributed by atoms with Crippen LogP contribution in [0.2, 0.25) is 0 Å². The number of thioether (sulfide) groups is 1. The molecule has 1 fully saturated rings. The highest BCUT2D eigenvalue weighted by Crippen LogP contribution is 2.29. The molecule has 0 radical (unpaired) electrons. The summed E-state index contributed by atoms with van der Waals surface area (Å²) >= 11 is 1.80. The average Bonchev–Trinajstić information content (AvgIpc) is 2.63. The van der Waals surface area contributed by atoms with E-state index in [0.717, 1.165) is 19.6 Å². The van der Waals surface area contributed by atoms with Crippen molar-refractivity contribution in [1.82, 2.24) is 4.90 Å². The fourth-order valence-corrected chi connectivity index (χ4v) is 3.17. The van der Waals surface area contributed by atoms with Gasteiger partial charge in [0.05, 0.1) is 6.10 Å². The fraction of sp³-hybridized carbons (Fsp3) is 0.538. The predicted molar refractivity (Wildman–Crippen MR) is 68.9 cm³/mol. The molecule has 2 atom stereocenters. The highest BCUT2D eigenvalue weighted by atomic mass is 32.2. The first kappa shape index (κ1) is 12.0. The molecule has 1 saturated heterocycles. The molecule has 1 aliphatic rings. The van der Waals surface area contributed by atoms with E-state index in [0.29, 0.717) is 5.25 Å². The van der Waals surface area contributed by atoms with Crippen molar-refractivity contribution in [2.24, 2.45) is 0 Å². The number of benzene rings is 1. The van der Waals surface area contributed by atoms with E-state index in [2.05, 4.69) is 43.0 Å². The van der Waals surface area contributed by atoms with E-state index in [-0.39, 0.29) is 6.10 Å². The summed E-state index contributed by atoms with van der Waals surface area (Å²) in [6.45, 7) is 7.08. The Kier molecular flexibility index (Phi) is 3.90. The van der Waals surface area contributed by atoms with Gasteiger partial charge in [0, 0.05) is 23.2 Å². The number of likely N-dealkylation sites (tertiary alicyclic amines) is 1. The Balaban J connectivity index is 1.97. The SMILES string of the molecule is CCN1C[C@@H](O)[C@H](Sc2ccc(C)cc2)C1. The van der Waals surface area contributed by atoms with Crippen LogP contribution in [0.4, 0.5) is 0 Å². The lowest BCUT2D eigenvalue weighted by atomic mass is 10.2. The molecule has 3 heteroatoms. The molecular formula is C13H19NOS. The quantitative estimate of drug-likeness (QED) is 0.871. The average molecular weight is 237 g/mol. The zero-order chi connectivity index (χ0) is 11.5. The Bertz CT molecular complexity index is 338. The second-order valence-corrected chi connectivity index (χ2v) is 5.70. The molecule has 1 N–H and O–H groups in total. The fourth-order valence-electron chi connectivity index (χ4n) is 2.00. The van der Waals surface area contributed by atoms with Crippen LogP contribution in [0.25, 0.3) is 0 Å². The maximum absolute atomic E-state index is 9.94. The van der Waals surface area contributed by atoms with Gasteiger partial charge in [-0.2, -0.15) is 0 Å². The molecule has 0 amide bonds. The second-order valence-electron chi connectivity index (χ2n) is 4.39. The number of β-amino-alcohol motifs (C(OH)–C–C–N with tert-alkyl or cyclic N) is 1. The number of aryl methyl sites for hydroxylation is 1. The number of aliphatic hydroxyl groups is 1. The first-order chi connectivity index (χ1) is 7.69. The van der Waals surface area contributed by atoms with Crippen LogP contribution in [-0.4, -0.2) is 41.0 Å². The molecule has 88 valence electrons. The van der Waals surface area contributed by atoms with Crippen molar-refractivity contribution in [2.45, 2.75) is 30.1 Å². The molecule has 0 spiro atoms. The summed E-state index contributed by atoms with van der Waals surface area (Å²) in [5.74, 6) is 0. The maximum atomic E-state index is 9.94. The van der Waals surface area contributed by atoms with Crippen molar-refractivity contribution < 1.29 is 5.11 Å². The van der Waals surface area contributed by atoms with Crippen LogP contribution in [0.15, 0.2) is 29.2 Å². The van der Waals surface area contributed by atoms with Gasteiger partial charge in [0.15, 0.2) is 0 Å². The minimum Gasteiger partial charge on any atom is -0.391 e. The van der Waals surface area contributed by atoms with Gasteiger partial charge in [-0.15, -0.1) is 11.8 Å². The van der Waals surface area contributed by atoms with Gasteiger partial charge in [0.25, 0.3) is 0 Å². The van der Waals surface area contributed by atoms with Gasteiger partial charge in [0.1, 0.15) is 0 Å². The van der Waals surface area contributed by atoms with Crippen molar-refractivity contribution in [3.63, 3.8) is 0 Å². The topological polar surface area (TPSA) is 23.5 Å². The summed E-state index contributed by atoms with van der Waals surface area (Å²) in [4.78, 5) is 3.56. The zero-order valence-electron chi connectivity index (χ0n) is 9.89. The number of rotatable bonds is 3. The van der Waals surface area contributed by atoms with Crippen LogP contribution >= 0.6 is 11.8 Å². The minimum absolute atomic E-state index is 0.189. The minimum atomic E-state index is -0.189. The molecule has 2 rings (SSSR count). The van der Waals surface area contributed by atoms with E-state index in [1.165, 1.54) is 10.5 Å². The molecule has 0 saturated carbocycles. The highest BCUT2D eigenvalue weighted by molar-refractivity contribution is 8.00. The van der Waals surface area contributed by atoms with Crippen LogP contribution < -0.4 is 0 Å². The van der Waals surface area contributed by atoms with Crippen LogP contribution in [0.1, 0.15) is 12.5 Å². The van der Waals surface area contributed by atoms with E-state index in [4.69, 9.17) is 0 Å². The van der Waals surface area contributed by atoms with Gasteiger partial charge in [-0.25, -0.2) is 0 Å². The Morgan fingerprint density at radius 3 is 2.56 bits per heavy atom. The summed E-state index contributed by atoms with van der Waals surface area (Å²) in [5, 5.41) is 10.3. The predicted octanol–water partition coefficient (Wildman–Crippen LogP) is 2.15.